The molecule has 0 radical (unpaired) electrons. The monoisotopic (exact) mass is 537 g/mol. The predicted octanol–water partition coefficient (Wildman–Crippen LogP) is 3.80. The number of methoxy groups -OCH3 is 1. The van der Waals surface area contributed by atoms with Gasteiger partial charge >= 0.3 is 0 Å². The zero-order chi connectivity index (χ0) is 20.2. The summed E-state index contributed by atoms with van der Waals surface area (Å²) in [4.78, 5) is 4.77. The van der Waals surface area contributed by atoms with Crippen LogP contribution in [0.4, 0.5) is 0 Å². The molecule has 3 N–H and O–H groups in total. The number of nitrogens with zero attached hydrogens (tertiary/aromatic N) is 1. The van der Waals surface area contributed by atoms with Gasteiger partial charge in [-0.1, -0.05) is 19.4 Å². The highest BCUT2D eigenvalue weighted by atomic mass is 127. The molecule has 1 aromatic rings. The van der Waals surface area contributed by atoms with Gasteiger partial charge < -0.3 is 25.2 Å². The van der Waals surface area contributed by atoms with Crippen LogP contribution < -0.4 is 20.1 Å². The van der Waals surface area contributed by atoms with E-state index in [1.165, 1.54) is 31.4 Å². The number of aliphatic hydroxyl groups excluding tert-OH is 1. The summed E-state index contributed by atoms with van der Waals surface area (Å²) < 4.78 is 10.9. The minimum Gasteiger partial charge on any atom is -0.493 e. The number of rotatable bonds is 10. The Balaban J connectivity index is 0.00000420. The third-order valence-electron chi connectivity index (χ3n) is 4.71. The van der Waals surface area contributed by atoms with Crippen molar-refractivity contribution >= 4 is 41.7 Å². The lowest BCUT2D eigenvalue weighted by Gasteiger charge is -2.30. The van der Waals surface area contributed by atoms with Crippen LogP contribution in [0.25, 0.3) is 0 Å². The molecule has 0 spiro atoms. The Hall–Kier alpha value is -0.870. The van der Waals surface area contributed by atoms with Gasteiger partial charge in [-0.05, 0) is 49.6 Å². The molecule has 0 bridgehead atoms. The number of nitrogens with one attached hydrogen (secondary N) is 2. The molecular formula is C21H36IN3O3S. The molecule has 0 aromatic heterocycles. The molecule has 1 aliphatic carbocycles. The molecular weight excluding hydrogens is 501 g/mol. The molecule has 6 nitrogen and oxygen atoms in total. The van der Waals surface area contributed by atoms with E-state index in [1.807, 2.05) is 18.2 Å². The van der Waals surface area contributed by atoms with Crippen molar-refractivity contribution < 1.29 is 14.6 Å². The normalized spacial score (nSPS) is 19.2. The standard InChI is InChI=1S/C21H35N3O3S.HI/c1-4-22-21(24-17-7-6-8-18(14-17)28-5-2)23-15-16-9-10-19(27-12-11-25)20(13-16)26-3;/h9-10,13,17-18,25H,4-8,11-12,14-15H2,1-3H3,(H2,22,23,24);1H. The van der Waals surface area contributed by atoms with Gasteiger partial charge in [-0.2, -0.15) is 11.8 Å². The van der Waals surface area contributed by atoms with E-state index in [1.54, 1.807) is 7.11 Å². The highest BCUT2D eigenvalue weighted by molar-refractivity contribution is 14.0. The molecule has 0 aliphatic heterocycles. The SMILES string of the molecule is CCNC(=NCc1ccc(OCCO)c(OC)c1)NC1CCCC(SCC)C1.I. The van der Waals surface area contributed by atoms with E-state index < -0.39 is 0 Å². The van der Waals surface area contributed by atoms with Crippen LogP contribution in [0.5, 0.6) is 11.5 Å². The van der Waals surface area contributed by atoms with E-state index in [4.69, 9.17) is 19.6 Å². The van der Waals surface area contributed by atoms with E-state index >= 15 is 0 Å². The second-order valence-electron chi connectivity index (χ2n) is 6.84. The second kappa shape index (κ2) is 15.0. The summed E-state index contributed by atoms with van der Waals surface area (Å²) in [7, 11) is 1.62. The molecule has 2 rings (SSSR count). The van der Waals surface area contributed by atoms with E-state index in [-0.39, 0.29) is 37.2 Å². The highest BCUT2D eigenvalue weighted by Crippen LogP contribution is 2.29. The Morgan fingerprint density at radius 2 is 2.10 bits per heavy atom. The van der Waals surface area contributed by atoms with Crippen LogP contribution in [0.15, 0.2) is 23.2 Å². The van der Waals surface area contributed by atoms with Gasteiger partial charge in [0.1, 0.15) is 6.61 Å². The Labute approximate surface area is 196 Å². The molecule has 1 fully saturated rings. The van der Waals surface area contributed by atoms with Crippen molar-refractivity contribution in [2.45, 2.75) is 57.4 Å². The third-order valence-corrected chi connectivity index (χ3v) is 5.94. The van der Waals surface area contributed by atoms with Crippen molar-refractivity contribution in [3.8, 4) is 11.5 Å². The second-order valence-corrected chi connectivity index (χ2v) is 8.42. The Bertz CT molecular complexity index is 617. The first-order chi connectivity index (χ1) is 13.7. The van der Waals surface area contributed by atoms with Crippen molar-refractivity contribution in [1.29, 1.82) is 0 Å². The molecule has 1 aromatic carbocycles. The number of hydrogen-bond acceptors (Lipinski definition) is 5. The Morgan fingerprint density at radius 1 is 1.28 bits per heavy atom. The van der Waals surface area contributed by atoms with E-state index in [0.717, 1.165) is 23.3 Å². The number of halogens is 1. The summed E-state index contributed by atoms with van der Waals surface area (Å²) in [6, 6.07) is 6.28. The van der Waals surface area contributed by atoms with Gasteiger partial charge in [0, 0.05) is 17.8 Å². The van der Waals surface area contributed by atoms with Crippen LogP contribution in [0.2, 0.25) is 0 Å². The van der Waals surface area contributed by atoms with Crippen molar-refractivity contribution in [1.82, 2.24) is 10.6 Å². The lowest BCUT2D eigenvalue weighted by atomic mass is 9.95. The molecule has 1 saturated carbocycles. The quantitative estimate of drug-likeness (QED) is 0.240. The predicted molar refractivity (Wildman–Crippen MR) is 133 cm³/mol. The summed E-state index contributed by atoms with van der Waals surface area (Å²) in [6.07, 6.45) is 5.01. The van der Waals surface area contributed by atoms with Crippen LogP contribution in [-0.2, 0) is 6.54 Å². The van der Waals surface area contributed by atoms with Gasteiger partial charge in [0.25, 0.3) is 0 Å². The minimum atomic E-state index is -0.0221. The van der Waals surface area contributed by atoms with Crippen molar-refractivity contribution in [2.24, 2.45) is 4.99 Å². The maximum atomic E-state index is 8.92. The lowest BCUT2D eigenvalue weighted by molar-refractivity contribution is 0.196. The number of thioether (sulfide) groups is 1. The first kappa shape index (κ1) is 26.2. The molecule has 8 heteroatoms. The molecule has 2 atom stereocenters. The van der Waals surface area contributed by atoms with Crippen LogP contribution in [0.3, 0.4) is 0 Å². The summed E-state index contributed by atoms with van der Waals surface area (Å²) in [5, 5.41) is 16.7. The topological polar surface area (TPSA) is 75.1 Å². The fourth-order valence-electron chi connectivity index (χ4n) is 3.43. The average Bonchev–Trinajstić information content (AvgIpc) is 2.71. The first-order valence-electron chi connectivity index (χ1n) is 10.3. The average molecular weight is 538 g/mol. The van der Waals surface area contributed by atoms with Gasteiger partial charge in [-0.25, -0.2) is 4.99 Å². The minimum absolute atomic E-state index is 0. The highest BCUT2D eigenvalue weighted by Gasteiger charge is 2.22. The summed E-state index contributed by atoms with van der Waals surface area (Å²) in [5.74, 6) is 3.35. The molecule has 2 unspecified atom stereocenters. The zero-order valence-corrected chi connectivity index (χ0v) is 20.9. The Kier molecular flexibility index (Phi) is 13.5. The lowest BCUT2D eigenvalue weighted by Crippen LogP contribution is -2.45. The molecule has 166 valence electrons. The number of aliphatic imine (C=N–C) groups is 1. The smallest absolute Gasteiger partial charge is 0.191 e. The van der Waals surface area contributed by atoms with E-state index in [9.17, 15) is 0 Å². The van der Waals surface area contributed by atoms with Gasteiger partial charge in [-0.3, -0.25) is 0 Å². The maximum Gasteiger partial charge on any atom is 0.191 e. The number of hydrogen-bond donors (Lipinski definition) is 3. The zero-order valence-electron chi connectivity index (χ0n) is 17.8. The van der Waals surface area contributed by atoms with Crippen LogP contribution in [0, 0.1) is 0 Å². The van der Waals surface area contributed by atoms with Gasteiger partial charge in [0.15, 0.2) is 17.5 Å². The fourth-order valence-corrected chi connectivity index (χ4v) is 4.61. The van der Waals surface area contributed by atoms with Gasteiger partial charge in [0.2, 0.25) is 0 Å². The summed E-state index contributed by atoms with van der Waals surface area (Å²) in [6.45, 7) is 5.95. The van der Waals surface area contributed by atoms with Crippen molar-refractivity contribution in [3.05, 3.63) is 23.8 Å². The largest absolute Gasteiger partial charge is 0.493 e. The fraction of sp³-hybridized carbons (Fsp3) is 0.667. The first-order valence-corrected chi connectivity index (χ1v) is 11.3. The Morgan fingerprint density at radius 3 is 2.79 bits per heavy atom. The third kappa shape index (κ3) is 9.21. The molecule has 1 aliphatic rings. The molecule has 29 heavy (non-hydrogen) atoms. The maximum absolute atomic E-state index is 8.92. The van der Waals surface area contributed by atoms with Crippen LogP contribution in [0.1, 0.15) is 45.1 Å². The van der Waals surface area contributed by atoms with Gasteiger partial charge in [-0.15, -0.1) is 24.0 Å². The number of guanidine groups is 1. The molecule has 0 amide bonds. The van der Waals surface area contributed by atoms with Gasteiger partial charge in [0.05, 0.1) is 20.3 Å². The number of benzene rings is 1. The van der Waals surface area contributed by atoms with Crippen molar-refractivity contribution in [2.75, 3.05) is 32.6 Å². The molecule has 0 heterocycles. The van der Waals surface area contributed by atoms with Crippen LogP contribution >= 0.6 is 35.7 Å². The van der Waals surface area contributed by atoms with E-state index in [0.29, 0.717) is 24.1 Å². The van der Waals surface area contributed by atoms with Crippen molar-refractivity contribution in [3.63, 3.8) is 0 Å². The van der Waals surface area contributed by atoms with Crippen LogP contribution in [-0.4, -0.2) is 55.0 Å². The number of aliphatic hydroxyl groups is 1. The summed E-state index contributed by atoms with van der Waals surface area (Å²) >= 11 is 2.08. The molecule has 0 saturated heterocycles. The van der Waals surface area contributed by atoms with E-state index in [2.05, 4.69) is 36.2 Å². The summed E-state index contributed by atoms with van der Waals surface area (Å²) in [5.41, 5.74) is 1.05. The number of ether oxygens (including phenoxy) is 2.